The van der Waals surface area contributed by atoms with Crippen LogP contribution in [0.5, 0.6) is 0 Å². The summed E-state index contributed by atoms with van der Waals surface area (Å²) in [4.78, 5) is 28.6. The highest BCUT2D eigenvalue weighted by atomic mass is 16.5. The molecular formula is C17H20N6O2. The minimum absolute atomic E-state index is 0.0479. The van der Waals surface area contributed by atoms with E-state index in [2.05, 4.69) is 25.0 Å². The first-order valence-electron chi connectivity index (χ1n) is 8.50. The van der Waals surface area contributed by atoms with Gasteiger partial charge in [-0.25, -0.2) is 4.98 Å². The van der Waals surface area contributed by atoms with Gasteiger partial charge in [-0.1, -0.05) is 12.1 Å². The molecule has 1 aliphatic heterocycles. The fourth-order valence-electron chi connectivity index (χ4n) is 3.11. The Morgan fingerprint density at radius 1 is 1.32 bits per heavy atom. The summed E-state index contributed by atoms with van der Waals surface area (Å²) in [5.74, 6) is 1.42. The minimum atomic E-state index is 0.0479. The van der Waals surface area contributed by atoms with Gasteiger partial charge in [-0.3, -0.25) is 9.69 Å². The zero-order valence-corrected chi connectivity index (χ0v) is 14.1. The molecule has 25 heavy (non-hydrogen) atoms. The molecule has 8 nitrogen and oxygen atoms in total. The van der Waals surface area contributed by atoms with Crippen molar-refractivity contribution in [3.8, 4) is 0 Å². The average molecular weight is 340 g/mol. The summed E-state index contributed by atoms with van der Waals surface area (Å²) in [6.45, 7) is 5.60. The van der Waals surface area contributed by atoms with Gasteiger partial charge < -0.3 is 14.4 Å². The van der Waals surface area contributed by atoms with Crippen LogP contribution in [0.3, 0.4) is 0 Å². The number of rotatable bonds is 4. The molecule has 4 rings (SSSR count). The number of hydrogen-bond donors (Lipinski definition) is 1. The third-order valence-corrected chi connectivity index (χ3v) is 4.52. The Balaban J connectivity index is 1.39. The molecule has 3 aromatic rings. The van der Waals surface area contributed by atoms with E-state index in [1.54, 1.807) is 12.4 Å². The molecule has 3 aromatic heterocycles. The number of carbonyl (C=O) groups is 1. The fraction of sp³-hybridized carbons (Fsp3) is 0.412. The molecule has 0 aromatic carbocycles. The normalized spacial score (nSPS) is 15.8. The summed E-state index contributed by atoms with van der Waals surface area (Å²) in [6.07, 6.45) is 4.21. The van der Waals surface area contributed by atoms with Crippen LogP contribution in [0.4, 0.5) is 0 Å². The van der Waals surface area contributed by atoms with Crippen LogP contribution in [-0.4, -0.2) is 62.0 Å². The van der Waals surface area contributed by atoms with E-state index in [1.807, 2.05) is 24.0 Å². The second-order valence-corrected chi connectivity index (χ2v) is 6.13. The van der Waals surface area contributed by atoms with Crippen LogP contribution >= 0.6 is 0 Å². The van der Waals surface area contributed by atoms with Crippen LogP contribution in [0.1, 0.15) is 29.0 Å². The zero-order chi connectivity index (χ0) is 17.2. The lowest BCUT2D eigenvalue weighted by Crippen LogP contribution is -2.48. The van der Waals surface area contributed by atoms with E-state index in [1.165, 1.54) is 0 Å². The Morgan fingerprint density at radius 2 is 2.16 bits per heavy atom. The molecule has 8 heteroatoms. The van der Waals surface area contributed by atoms with Gasteiger partial charge in [0.15, 0.2) is 5.82 Å². The Kier molecular flexibility index (Phi) is 4.19. The highest BCUT2D eigenvalue weighted by Gasteiger charge is 2.24. The second kappa shape index (κ2) is 6.64. The van der Waals surface area contributed by atoms with Crippen molar-refractivity contribution in [2.75, 3.05) is 26.2 Å². The van der Waals surface area contributed by atoms with Gasteiger partial charge in [0.1, 0.15) is 5.65 Å². The summed E-state index contributed by atoms with van der Waals surface area (Å²) < 4.78 is 5.14. The number of aromatic nitrogens is 4. The summed E-state index contributed by atoms with van der Waals surface area (Å²) in [5, 5.41) is 4.86. The van der Waals surface area contributed by atoms with Crippen LogP contribution in [0, 0.1) is 0 Å². The number of hydrogen-bond acceptors (Lipinski definition) is 6. The summed E-state index contributed by atoms with van der Waals surface area (Å²) in [6, 6.07) is 3.77. The van der Waals surface area contributed by atoms with Gasteiger partial charge in [-0.05, 0) is 12.1 Å². The number of piperazine rings is 1. The zero-order valence-electron chi connectivity index (χ0n) is 14.1. The van der Waals surface area contributed by atoms with Crippen LogP contribution in [-0.2, 0) is 13.0 Å². The quantitative estimate of drug-likeness (QED) is 0.773. The summed E-state index contributed by atoms with van der Waals surface area (Å²) >= 11 is 0. The molecular weight excluding hydrogens is 320 g/mol. The molecule has 0 aliphatic carbocycles. The predicted octanol–water partition coefficient (Wildman–Crippen LogP) is 1.47. The molecule has 0 bridgehead atoms. The van der Waals surface area contributed by atoms with Crippen molar-refractivity contribution < 1.29 is 9.32 Å². The first kappa shape index (κ1) is 15.8. The summed E-state index contributed by atoms with van der Waals surface area (Å²) in [7, 11) is 0. The average Bonchev–Trinajstić information content (AvgIpc) is 3.28. The minimum Gasteiger partial charge on any atom is -0.345 e. The molecule has 1 N–H and O–H groups in total. The number of amides is 1. The number of carbonyl (C=O) groups excluding carboxylic acids is 1. The number of nitrogens with one attached hydrogen (secondary N) is 1. The second-order valence-electron chi connectivity index (χ2n) is 6.13. The maximum absolute atomic E-state index is 12.8. The third-order valence-electron chi connectivity index (χ3n) is 4.52. The van der Waals surface area contributed by atoms with E-state index in [4.69, 9.17) is 4.52 Å². The van der Waals surface area contributed by atoms with Crippen molar-refractivity contribution in [3.63, 3.8) is 0 Å². The predicted molar refractivity (Wildman–Crippen MR) is 91.0 cm³/mol. The highest BCUT2D eigenvalue weighted by molar-refractivity contribution is 6.05. The maximum atomic E-state index is 12.8. The number of pyridine rings is 1. The molecule has 1 aliphatic rings. The topological polar surface area (TPSA) is 91.2 Å². The molecule has 1 amide bonds. The first-order valence-corrected chi connectivity index (χ1v) is 8.50. The SMILES string of the molecule is CCc1nc(CN2CCN(C(=O)c3c[nH]c4ncccc34)CC2)no1. The number of aryl methyl sites for hydroxylation is 1. The Morgan fingerprint density at radius 3 is 2.92 bits per heavy atom. The van der Waals surface area contributed by atoms with Gasteiger partial charge in [-0.15, -0.1) is 0 Å². The number of nitrogens with zero attached hydrogens (tertiary/aromatic N) is 5. The van der Waals surface area contributed by atoms with E-state index in [0.717, 1.165) is 30.5 Å². The number of H-pyrrole nitrogens is 1. The van der Waals surface area contributed by atoms with Gasteiger partial charge in [0.25, 0.3) is 5.91 Å². The standard InChI is InChI=1S/C17H20N6O2/c1-2-15-20-14(21-25-15)11-22-6-8-23(9-7-22)17(24)13-10-19-16-12(13)4-3-5-18-16/h3-5,10H,2,6-9,11H2,1H3,(H,18,19). The van der Waals surface area contributed by atoms with E-state index < -0.39 is 0 Å². The smallest absolute Gasteiger partial charge is 0.256 e. The molecule has 0 atom stereocenters. The molecule has 0 saturated carbocycles. The lowest BCUT2D eigenvalue weighted by Gasteiger charge is -2.34. The van der Waals surface area contributed by atoms with Crippen LogP contribution in [0.25, 0.3) is 11.0 Å². The lowest BCUT2D eigenvalue weighted by molar-refractivity contribution is 0.0626. The molecule has 130 valence electrons. The number of aromatic amines is 1. The molecule has 0 spiro atoms. The Hall–Kier alpha value is -2.74. The largest absolute Gasteiger partial charge is 0.345 e. The molecule has 1 fully saturated rings. The lowest BCUT2D eigenvalue weighted by atomic mass is 10.2. The summed E-state index contributed by atoms with van der Waals surface area (Å²) in [5.41, 5.74) is 1.43. The van der Waals surface area contributed by atoms with Gasteiger partial charge in [-0.2, -0.15) is 4.98 Å². The molecule has 4 heterocycles. The van der Waals surface area contributed by atoms with Crippen molar-refractivity contribution in [1.29, 1.82) is 0 Å². The van der Waals surface area contributed by atoms with Gasteiger partial charge in [0.2, 0.25) is 5.89 Å². The molecule has 0 radical (unpaired) electrons. The van der Waals surface area contributed by atoms with Gasteiger partial charge in [0, 0.05) is 50.4 Å². The van der Waals surface area contributed by atoms with E-state index in [-0.39, 0.29) is 5.91 Å². The van der Waals surface area contributed by atoms with Crippen molar-refractivity contribution in [3.05, 3.63) is 41.8 Å². The van der Waals surface area contributed by atoms with E-state index >= 15 is 0 Å². The van der Waals surface area contributed by atoms with Crippen LogP contribution < -0.4 is 0 Å². The number of fused-ring (bicyclic) bond motifs is 1. The van der Waals surface area contributed by atoms with Crippen molar-refractivity contribution in [2.24, 2.45) is 0 Å². The Labute approximate surface area is 144 Å². The fourth-order valence-corrected chi connectivity index (χ4v) is 3.11. The van der Waals surface area contributed by atoms with E-state index in [9.17, 15) is 4.79 Å². The highest BCUT2D eigenvalue weighted by Crippen LogP contribution is 2.18. The van der Waals surface area contributed by atoms with Crippen molar-refractivity contribution >= 4 is 16.9 Å². The monoisotopic (exact) mass is 340 g/mol. The third kappa shape index (κ3) is 3.12. The van der Waals surface area contributed by atoms with Crippen molar-refractivity contribution in [2.45, 2.75) is 19.9 Å². The Bertz CT molecular complexity index is 878. The first-order chi connectivity index (χ1) is 12.2. The molecule has 1 saturated heterocycles. The van der Waals surface area contributed by atoms with Gasteiger partial charge >= 0.3 is 0 Å². The molecule has 0 unspecified atom stereocenters. The van der Waals surface area contributed by atoms with Gasteiger partial charge in [0.05, 0.1) is 12.1 Å². The van der Waals surface area contributed by atoms with E-state index in [0.29, 0.717) is 36.9 Å². The van der Waals surface area contributed by atoms with Crippen molar-refractivity contribution in [1.82, 2.24) is 29.9 Å². The maximum Gasteiger partial charge on any atom is 0.256 e. The van der Waals surface area contributed by atoms with Crippen LogP contribution in [0.15, 0.2) is 29.0 Å². The van der Waals surface area contributed by atoms with Crippen LogP contribution in [0.2, 0.25) is 0 Å².